The molecule has 2 aromatic rings. The highest BCUT2D eigenvalue weighted by molar-refractivity contribution is 7.07. The Morgan fingerprint density at radius 3 is 2.94 bits per heavy atom. The highest BCUT2D eigenvalue weighted by atomic mass is 32.1. The molecule has 18 heavy (non-hydrogen) atoms. The van der Waals surface area contributed by atoms with E-state index >= 15 is 0 Å². The molecule has 0 aliphatic heterocycles. The lowest BCUT2D eigenvalue weighted by Gasteiger charge is -2.29. The molecule has 0 fully saturated rings. The summed E-state index contributed by atoms with van der Waals surface area (Å²) in [5.41, 5.74) is 3.67. The second-order valence-corrected chi connectivity index (χ2v) is 5.66. The van der Waals surface area contributed by atoms with Crippen LogP contribution in [0, 0.1) is 0 Å². The Hall–Kier alpha value is -1.16. The topological polar surface area (TPSA) is 32.3 Å². The van der Waals surface area contributed by atoms with E-state index in [1.165, 1.54) is 16.7 Å². The van der Waals surface area contributed by atoms with Crippen LogP contribution in [0.3, 0.4) is 0 Å². The van der Waals surface area contributed by atoms with E-state index in [9.17, 15) is 5.11 Å². The zero-order valence-corrected chi connectivity index (χ0v) is 11.0. The first-order valence-corrected chi connectivity index (χ1v) is 7.24. The van der Waals surface area contributed by atoms with Crippen molar-refractivity contribution in [3.05, 3.63) is 57.8 Å². The minimum Gasteiger partial charge on any atom is -0.394 e. The monoisotopic (exact) mass is 259 g/mol. The molecule has 1 atom stereocenters. The van der Waals surface area contributed by atoms with Gasteiger partial charge < -0.3 is 10.4 Å². The Bertz CT molecular complexity index is 523. The molecule has 3 heteroatoms. The average Bonchev–Trinajstić information content (AvgIpc) is 3.05. The molecule has 1 heterocycles. The van der Waals surface area contributed by atoms with Gasteiger partial charge in [0.05, 0.1) is 12.1 Å². The Labute approximate surface area is 111 Å². The molecule has 1 aliphatic carbocycles. The molecule has 2 N–H and O–H groups in total. The van der Waals surface area contributed by atoms with Crippen LogP contribution in [0.5, 0.6) is 0 Å². The van der Waals surface area contributed by atoms with Crippen LogP contribution >= 0.6 is 11.3 Å². The number of thiophene rings is 1. The number of hydrogen-bond acceptors (Lipinski definition) is 3. The molecule has 2 nitrogen and oxygen atoms in total. The van der Waals surface area contributed by atoms with Crippen LogP contribution in [0.25, 0.3) is 0 Å². The molecule has 94 valence electrons. The van der Waals surface area contributed by atoms with Crippen molar-refractivity contribution in [3.63, 3.8) is 0 Å². The van der Waals surface area contributed by atoms with Gasteiger partial charge in [-0.05, 0) is 46.4 Å². The van der Waals surface area contributed by atoms with Crippen LogP contribution in [0.15, 0.2) is 41.1 Å². The van der Waals surface area contributed by atoms with E-state index < -0.39 is 0 Å². The Morgan fingerprint density at radius 1 is 1.28 bits per heavy atom. The summed E-state index contributed by atoms with van der Waals surface area (Å²) in [7, 11) is 0. The largest absolute Gasteiger partial charge is 0.394 e. The highest BCUT2D eigenvalue weighted by Crippen LogP contribution is 2.36. The maximum absolute atomic E-state index is 9.83. The minimum absolute atomic E-state index is 0.161. The molecule has 1 unspecified atom stereocenters. The fourth-order valence-electron chi connectivity index (χ4n) is 2.76. The van der Waals surface area contributed by atoms with E-state index in [2.05, 4.69) is 46.4 Å². The van der Waals surface area contributed by atoms with Gasteiger partial charge in [-0.15, -0.1) is 0 Å². The maximum Gasteiger partial charge on any atom is 0.0677 e. The predicted octanol–water partition coefficient (Wildman–Crippen LogP) is 2.67. The number of aliphatic hydroxyl groups excluding tert-OH is 1. The van der Waals surface area contributed by atoms with Crippen LogP contribution < -0.4 is 5.32 Å². The van der Waals surface area contributed by atoms with Crippen molar-refractivity contribution in [3.8, 4) is 0 Å². The van der Waals surface area contributed by atoms with Crippen molar-refractivity contribution in [2.45, 2.75) is 24.9 Å². The molecule has 0 saturated carbocycles. The summed E-state index contributed by atoms with van der Waals surface area (Å²) in [6.07, 6.45) is 2.03. The normalized spacial score (nSPS) is 22.1. The SMILES string of the molecule is OCC1(NCc2ccsc2)CCc2ccccc21. The van der Waals surface area contributed by atoms with Crippen molar-refractivity contribution in [1.82, 2.24) is 5.32 Å². The highest BCUT2D eigenvalue weighted by Gasteiger charge is 2.37. The van der Waals surface area contributed by atoms with Gasteiger partial charge in [-0.2, -0.15) is 11.3 Å². The second-order valence-electron chi connectivity index (χ2n) is 4.88. The van der Waals surface area contributed by atoms with Crippen LogP contribution in [0.4, 0.5) is 0 Å². The Balaban J connectivity index is 1.83. The predicted molar refractivity (Wildman–Crippen MR) is 74.7 cm³/mol. The average molecular weight is 259 g/mol. The van der Waals surface area contributed by atoms with Gasteiger partial charge >= 0.3 is 0 Å². The maximum atomic E-state index is 9.83. The van der Waals surface area contributed by atoms with Crippen LogP contribution in [-0.2, 0) is 18.5 Å². The van der Waals surface area contributed by atoms with E-state index in [1.807, 2.05) is 0 Å². The lowest BCUT2D eigenvalue weighted by Crippen LogP contribution is -2.43. The number of benzene rings is 1. The quantitative estimate of drug-likeness (QED) is 0.885. The first kappa shape index (κ1) is 11.9. The third-order valence-corrected chi connectivity index (χ3v) is 4.57. The zero-order valence-electron chi connectivity index (χ0n) is 10.2. The van der Waals surface area contributed by atoms with Crippen molar-refractivity contribution in [2.24, 2.45) is 0 Å². The summed E-state index contributed by atoms with van der Waals surface area (Å²) in [6.45, 7) is 0.979. The standard InChI is InChI=1S/C15H17NOS/c17-11-15(16-9-12-6-8-18-10-12)7-5-13-3-1-2-4-14(13)15/h1-4,6,8,10,16-17H,5,7,9,11H2. The number of fused-ring (bicyclic) bond motifs is 1. The van der Waals surface area contributed by atoms with Crippen molar-refractivity contribution < 1.29 is 5.11 Å². The minimum atomic E-state index is -0.251. The third kappa shape index (κ3) is 1.99. The molecular weight excluding hydrogens is 242 g/mol. The second kappa shape index (κ2) is 4.84. The number of aliphatic hydroxyl groups is 1. The summed E-state index contributed by atoms with van der Waals surface area (Å²) >= 11 is 1.71. The van der Waals surface area contributed by atoms with Gasteiger partial charge in [0, 0.05) is 6.54 Å². The first-order valence-electron chi connectivity index (χ1n) is 6.29. The molecule has 0 spiro atoms. The number of hydrogen-bond donors (Lipinski definition) is 2. The van der Waals surface area contributed by atoms with Gasteiger partial charge in [0.15, 0.2) is 0 Å². The number of nitrogens with one attached hydrogen (secondary N) is 1. The lowest BCUT2D eigenvalue weighted by molar-refractivity contribution is 0.159. The van der Waals surface area contributed by atoms with E-state index in [0.717, 1.165) is 19.4 Å². The van der Waals surface area contributed by atoms with E-state index in [1.54, 1.807) is 11.3 Å². The molecule has 0 bridgehead atoms. The molecule has 1 aromatic carbocycles. The van der Waals surface area contributed by atoms with Crippen molar-refractivity contribution in [1.29, 1.82) is 0 Å². The lowest BCUT2D eigenvalue weighted by atomic mass is 9.92. The van der Waals surface area contributed by atoms with Gasteiger partial charge in [-0.3, -0.25) is 0 Å². The molecule has 0 amide bonds. The van der Waals surface area contributed by atoms with Crippen LogP contribution in [0.1, 0.15) is 23.1 Å². The molecule has 3 rings (SSSR count). The fourth-order valence-corrected chi connectivity index (χ4v) is 3.42. The molecular formula is C15H17NOS. The van der Waals surface area contributed by atoms with Crippen molar-refractivity contribution >= 4 is 11.3 Å². The van der Waals surface area contributed by atoms with E-state index in [-0.39, 0.29) is 12.1 Å². The molecule has 1 aromatic heterocycles. The van der Waals surface area contributed by atoms with Gasteiger partial charge in [0.25, 0.3) is 0 Å². The third-order valence-electron chi connectivity index (χ3n) is 3.83. The molecule has 0 radical (unpaired) electrons. The first-order chi connectivity index (χ1) is 8.84. The van der Waals surface area contributed by atoms with Gasteiger partial charge in [-0.25, -0.2) is 0 Å². The van der Waals surface area contributed by atoms with Crippen LogP contribution in [-0.4, -0.2) is 11.7 Å². The summed E-state index contributed by atoms with van der Waals surface area (Å²) in [6, 6.07) is 10.6. The summed E-state index contributed by atoms with van der Waals surface area (Å²) < 4.78 is 0. The smallest absolute Gasteiger partial charge is 0.0677 e. The number of aryl methyl sites for hydroxylation is 1. The van der Waals surface area contributed by atoms with E-state index in [0.29, 0.717) is 0 Å². The Morgan fingerprint density at radius 2 is 2.17 bits per heavy atom. The summed E-state index contributed by atoms with van der Waals surface area (Å²) in [5.74, 6) is 0. The van der Waals surface area contributed by atoms with Crippen molar-refractivity contribution in [2.75, 3.05) is 6.61 Å². The summed E-state index contributed by atoms with van der Waals surface area (Å²) in [4.78, 5) is 0. The Kier molecular flexibility index (Phi) is 3.20. The van der Waals surface area contributed by atoms with Gasteiger partial charge in [0.1, 0.15) is 0 Å². The molecule has 1 aliphatic rings. The molecule has 0 saturated heterocycles. The summed E-state index contributed by atoms with van der Waals surface area (Å²) in [5, 5.41) is 17.6. The zero-order chi connectivity index (χ0) is 12.4. The van der Waals surface area contributed by atoms with Gasteiger partial charge in [-0.1, -0.05) is 24.3 Å². The fraction of sp³-hybridized carbons (Fsp3) is 0.333. The van der Waals surface area contributed by atoms with Crippen LogP contribution in [0.2, 0.25) is 0 Å². The van der Waals surface area contributed by atoms with E-state index in [4.69, 9.17) is 0 Å². The van der Waals surface area contributed by atoms with Gasteiger partial charge in [0.2, 0.25) is 0 Å². The number of rotatable bonds is 4.